The van der Waals surface area contributed by atoms with Gasteiger partial charge in [0, 0.05) is 5.57 Å². The first-order valence-corrected chi connectivity index (χ1v) is 2.09. The van der Waals surface area contributed by atoms with Gasteiger partial charge in [-0.1, -0.05) is 13.5 Å². The van der Waals surface area contributed by atoms with Crippen molar-refractivity contribution in [3.8, 4) is 0 Å². The van der Waals surface area contributed by atoms with E-state index in [1.165, 1.54) is 0 Å². The topological polar surface area (TPSA) is 37.3 Å². The van der Waals surface area contributed by atoms with E-state index in [9.17, 15) is 4.79 Å². The van der Waals surface area contributed by atoms with Crippen LogP contribution >= 0.6 is 0 Å². The van der Waals surface area contributed by atoms with Crippen LogP contribution in [0.2, 0.25) is 0 Å². The van der Waals surface area contributed by atoms with Gasteiger partial charge in [-0.25, -0.2) is 4.79 Å². The third kappa shape index (κ3) is 4.27. The summed E-state index contributed by atoms with van der Waals surface area (Å²) >= 11 is 0. The van der Waals surface area contributed by atoms with Crippen molar-refractivity contribution >= 4 is 32.5 Å². The van der Waals surface area contributed by atoms with Crippen molar-refractivity contribution in [1.29, 1.82) is 0 Å². The Bertz CT molecular complexity index is 98.6. The molecule has 0 aliphatic heterocycles. The summed E-state index contributed by atoms with van der Waals surface area (Å²) in [5.41, 5.74) is 0.264. The molecule has 2 nitrogen and oxygen atoms in total. The number of carboxylic acid groups (broad SMARTS) is 1. The van der Waals surface area contributed by atoms with Gasteiger partial charge in [0.1, 0.15) is 0 Å². The fourth-order valence-electron chi connectivity index (χ4n) is 0.151. The maximum absolute atomic E-state index is 9.83. The molecule has 0 unspecified atom stereocenters. The molecule has 0 bridgehead atoms. The predicted molar refractivity (Wildman–Crippen MR) is 35.6 cm³/mol. The van der Waals surface area contributed by atoms with Crippen LogP contribution in [0.15, 0.2) is 12.2 Å². The van der Waals surface area contributed by atoms with Crippen LogP contribution in [0.1, 0.15) is 13.3 Å². The molecule has 0 heterocycles. The Morgan fingerprint density at radius 3 is 2.12 bits per heavy atom. The van der Waals surface area contributed by atoms with Gasteiger partial charge in [0.05, 0.1) is 0 Å². The van der Waals surface area contributed by atoms with Gasteiger partial charge in [0.15, 0.2) is 0 Å². The van der Waals surface area contributed by atoms with Crippen molar-refractivity contribution in [2.75, 3.05) is 0 Å². The molecule has 8 heavy (non-hydrogen) atoms. The zero-order valence-electron chi connectivity index (χ0n) is 4.77. The summed E-state index contributed by atoms with van der Waals surface area (Å²) in [6, 6.07) is 0. The minimum atomic E-state index is -0.900. The third-order valence-corrected chi connectivity index (χ3v) is 0.729. The Labute approximate surface area is 68.1 Å². The molecule has 0 rings (SSSR count). The Morgan fingerprint density at radius 1 is 1.75 bits per heavy atom. The molecule has 0 saturated carbocycles. The monoisotopic (exact) mass is 311 g/mol. The van der Waals surface area contributed by atoms with Gasteiger partial charge in [-0.3, -0.25) is 0 Å². The first-order chi connectivity index (χ1) is 3.18. The average Bonchev–Trinajstić information content (AvgIpc) is 1.65. The van der Waals surface area contributed by atoms with Crippen LogP contribution in [0, 0.1) is 0 Å². The van der Waals surface area contributed by atoms with E-state index in [4.69, 9.17) is 5.11 Å². The molecular formula is C5H10O2Po. The van der Waals surface area contributed by atoms with E-state index in [2.05, 4.69) is 6.58 Å². The zero-order valence-corrected chi connectivity index (χ0v) is 8.66. The molecule has 0 aromatic heterocycles. The third-order valence-electron chi connectivity index (χ3n) is 0.729. The molecule has 0 atom stereocenters. The molecule has 0 aromatic carbocycles. The molecule has 0 aromatic rings. The van der Waals surface area contributed by atoms with Crippen LogP contribution in [0.3, 0.4) is 0 Å². The van der Waals surface area contributed by atoms with Crippen molar-refractivity contribution in [3.63, 3.8) is 0 Å². The van der Waals surface area contributed by atoms with Gasteiger partial charge in [-0.2, -0.15) is 0 Å². The predicted octanol–water partition coefficient (Wildman–Crippen LogP) is 0.121. The van der Waals surface area contributed by atoms with Crippen LogP contribution in [0.25, 0.3) is 0 Å². The SMILES string of the molecule is C=C(CC)C(=O)O.[PoH2]. The first kappa shape index (κ1) is 11.0. The van der Waals surface area contributed by atoms with Gasteiger partial charge in [0.2, 0.25) is 0 Å². The molecule has 1 N–H and O–H groups in total. The number of rotatable bonds is 2. The van der Waals surface area contributed by atoms with Gasteiger partial charge in [-0.05, 0) is 6.42 Å². The fraction of sp³-hybridized carbons (Fsp3) is 0.400. The summed E-state index contributed by atoms with van der Waals surface area (Å²) in [7, 11) is 0. The standard InChI is InChI=1S/C5H8O2.Po.2H/c1-3-4(2)5(6)7;;;/h2-3H2,1H3,(H,6,7);;;. The number of carboxylic acids is 1. The maximum atomic E-state index is 9.83. The van der Waals surface area contributed by atoms with E-state index < -0.39 is 5.97 Å². The van der Waals surface area contributed by atoms with Crippen molar-refractivity contribution < 1.29 is 9.90 Å². The van der Waals surface area contributed by atoms with E-state index in [0.717, 1.165) is 0 Å². The van der Waals surface area contributed by atoms with E-state index >= 15 is 0 Å². The second-order valence-corrected chi connectivity index (χ2v) is 1.26. The Hall–Kier alpha value is 0.106. The number of hydrogen-bond donors (Lipinski definition) is 1. The average molecular weight is 311 g/mol. The van der Waals surface area contributed by atoms with Crippen molar-refractivity contribution in [1.82, 2.24) is 0 Å². The van der Waals surface area contributed by atoms with Crippen LogP contribution in [0.4, 0.5) is 0 Å². The molecule has 0 spiro atoms. The number of hydrogen-bond acceptors (Lipinski definition) is 1. The van der Waals surface area contributed by atoms with Crippen LogP contribution in [-0.4, -0.2) is 37.6 Å². The Kier molecular flexibility index (Phi) is 7.20. The normalized spacial score (nSPS) is 7.12. The van der Waals surface area contributed by atoms with E-state index in [-0.39, 0.29) is 32.1 Å². The Morgan fingerprint density at radius 2 is 2.12 bits per heavy atom. The summed E-state index contributed by atoms with van der Waals surface area (Å²) in [5.74, 6) is -0.900. The molecule has 48 valence electrons. The number of aliphatic carboxylic acids is 1. The molecule has 0 fully saturated rings. The van der Waals surface area contributed by atoms with E-state index in [1.807, 2.05) is 0 Å². The molecule has 3 heteroatoms. The van der Waals surface area contributed by atoms with Gasteiger partial charge in [-0.15, -0.1) is 0 Å². The first-order valence-electron chi connectivity index (χ1n) is 2.09. The second kappa shape index (κ2) is 5.25. The molecule has 0 amide bonds. The van der Waals surface area contributed by atoms with E-state index in [1.54, 1.807) is 6.92 Å². The summed E-state index contributed by atoms with van der Waals surface area (Å²) in [6.07, 6.45) is 0.523. The number of carbonyl (C=O) groups is 1. The molecule has 0 saturated heterocycles. The van der Waals surface area contributed by atoms with Crippen LogP contribution in [0.5, 0.6) is 0 Å². The van der Waals surface area contributed by atoms with Gasteiger partial charge < -0.3 is 5.11 Å². The summed E-state index contributed by atoms with van der Waals surface area (Å²) < 4.78 is 0. The fourth-order valence-corrected chi connectivity index (χ4v) is 0.151. The van der Waals surface area contributed by atoms with Gasteiger partial charge in [0.25, 0.3) is 0 Å². The van der Waals surface area contributed by atoms with Crippen molar-refractivity contribution in [2.45, 2.75) is 13.3 Å². The minimum absolute atomic E-state index is 0. The van der Waals surface area contributed by atoms with Gasteiger partial charge >= 0.3 is 32.5 Å². The molecule has 0 aliphatic carbocycles. The summed E-state index contributed by atoms with van der Waals surface area (Å²) in [4.78, 5) is 9.83. The van der Waals surface area contributed by atoms with Crippen molar-refractivity contribution in [3.05, 3.63) is 12.2 Å². The Balaban J connectivity index is 0. The zero-order chi connectivity index (χ0) is 5.86. The molecular weight excluding hydrogens is 301 g/mol. The summed E-state index contributed by atoms with van der Waals surface area (Å²) in [5, 5.41) is 8.08. The van der Waals surface area contributed by atoms with Crippen LogP contribution in [-0.2, 0) is 4.79 Å². The quantitative estimate of drug-likeness (QED) is 0.736. The summed E-state index contributed by atoms with van der Waals surface area (Å²) in [6.45, 7) is 5.03. The molecule has 0 radical (unpaired) electrons. The van der Waals surface area contributed by atoms with Crippen molar-refractivity contribution in [2.24, 2.45) is 0 Å². The second-order valence-electron chi connectivity index (χ2n) is 1.26. The van der Waals surface area contributed by atoms with Crippen LogP contribution < -0.4 is 0 Å². The molecule has 0 aliphatic rings. The van der Waals surface area contributed by atoms with E-state index in [0.29, 0.717) is 6.42 Å².